The lowest BCUT2D eigenvalue weighted by molar-refractivity contribution is 0.0691. The third kappa shape index (κ3) is 3.45. The molecule has 0 aromatic heterocycles. The van der Waals surface area contributed by atoms with Gasteiger partial charge in [-0.2, -0.15) is 0 Å². The molecule has 4 nitrogen and oxygen atoms in total. The zero-order valence-corrected chi connectivity index (χ0v) is 11.3. The Morgan fingerprint density at radius 1 is 1.14 bits per heavy atom. The van der Waals surface area contributed by atoms with E-state index in [0.717, 1.165) is 17.7 Å². The lowest BCUT2D eigenvalue weighted by Gasteiger charge is -2.10. The first-order chi connectivity index (χ1) is 9.99. The molecule has 0 spiro atoms. The predicted octanol–water partition coefficient (Wildman–Crippen LogP) is 3.31. The third-order valence-corrected chi connectivity index (χ3v) is 2.92. The molecule has 0 unspecified atom stereocenters. The predicted molar refractivity (Wildman–Crippen MR) is 74.1 cm³/mol. The molecule has 0 aliphatic carbocycles. The van der Waals surface area contributed by atoms with E-state index < -0.39 is 17.6 Å². The van der Waals surface area contributed by atoms with Crippen LogP contribution in [-0.4, -0.2) is 16.9 Å². The van der Waals surface area contributed by atoms with Crippen molar-refractivity contribution in [2.24, 2.45) is 0 Å². The summed E-state index contributed by atoms with van der Waals surface area (Å²) in [5.74, 6) is -2.77. The average molecular weight is 288 g/mol. The van der Waals surface area contributed by atoms with Gasteiger partial charge in [-0.1, -0.05) is 30.3 Å². The summed E-state index contributed by atoms with van der Waals surface area (Å²) in [6, 6.07) is 11.0. The molecule has 0 aliphatic rings. The van der Waals surface area contributed by atoms with Crippen LogP contribution in [0.5, 0.6) is 5.75 Å². The number of Topliss-reactive ketones (excluding diaryl/α,β-unsaturated/α-hetero) is 1. The maximum atomic E-state index is 13.9. The number of carbonyl (C=O) groups is 2. The Morgan fingerprint density at radius 3 is 2.38 bits per heavy atom. The summed E-state index contributed by atoms with van der Waals surface area (Å²) in [6.45, 7) is 1.29. The van der Waals surface area contributed by atoms with Crippen molar-refractivity contribution < 1.29 is 23.8 Å². The Morgan fingerprint density at radius 2 is 1.81 bits per heavy atom. The van der Waals surface area contributed by atoms with E-state index >= 15 is 0 Å². The molecule has 21 heavy (non-hydrogen) atoms. The van der Waals surface area contributed by atoms with Crippen molar-refractivity contribution in [2.45, 2.75) is 13.5 Å². The fourth-order valence-corrected chi connectivity index (χ4v) is 1.87. The molecule has 0 saturated heterocycles. The van der Waals surface area contributed by atoms with E-state index in [1.807, 2.05) is 18.2 Å². The van der Waals surface area contributed by atoms with E-state index in [4.69, 9.17) is 9.84 Å². The molecular formula is C16H13FO4. The van der Waals surface area contributed by atoms with Gasteiger partial charge < -0.3 is 9.84 Å². The van der Waals surface area contributed by atoms with Crippen LogP contribution >= 0.6 is 0 Å². The molecule has 108 valence electrons. The first-order valence-corrected chi connectivity index (χ1v) is 6.23. The van der Waals surface area contributed by atoms with Crippen LogP contribution in [0.25, 0.3) is 0 Å². The van der Waals surface area contributed by atoms with Crippen LogP contribution in [0.1, 0.15) is 33.2 Å². The maximum absolute atomic E-state index is 13.9. The van der Waals surface area contributed by atoms with Crippen molar-refractivity contribution in [3.8, 4) is 5.75 Å². The molecule has 2 rings (SSSR count). The molecule has 0 atom stereocenters. The van der Waals surface area contributed by atoms with E-state index in [0.29, 0.717) is 0 Å². The van der Waals surface area contributed by atoms with Crippen molar-refractivity contribution in [2.75, 3.05) is 0 Å². The normalized spacial score (nSPS) is 10.2. The Bertz CT molecular complexity index is 680. The Balaban J connectivity index is 2.30. The Hall–Kier alpha value is -2.69. The van der Waals surface area contributed by atoms with Crippen molar-refractivity contribution in [1.29, 1.82) is 0 Å². The number of halogens is 1. The number of ketones is 1. The fourth-order valence-electron chi connectivity index (χ4n) is 1.87. The summed E-state index contributed by atoms with van der Waals surface area (Å²) in [6.07, 6.45) is 0. The summed E-state index contributed by atoms with van der Waals surface area (Å²) in [7, 11) is 0. The zero-order valence-electron chi connectivity index (χ0n) is 11.3. The summed E-state index contributed by atoms with van der Waals surface area (Å²) >= 11 is 0. The second-order valence-electron chi connectivity index (χ2n) is 4.46. The van der Waals surface area contributed by atoms with Crippen LogP contribution in [0.15, 0.2) is 42.5 Å². The van der Waals surface area contributed by atoms with Crippen LogP contribution in [-0.2, 0) is 6.61 Å². The second-order valence-corrected chi connectivity index (χ2v) is 4.46. The number of rotatable bonds is 5. The zero-order chi connectivity index (χ0) is 15.4. The molecule has 0 amide bonds. The standard InChI is InChI=1S/C16H13FO4/c1-10(18)12-7-14(17)15(8-13(12)16(19)20)21-9-11-5-3-2-4-6-11/h2-8H,9H2,1H3,(H,19,20). The van der Waals surface area contributed by atoms with Gasteiger partial charge >= 0.3 is 5.97 Å². The molecule has 5 heteroatoms. The fraction of sp³-hybridized carbons (Fsp3) is 0.125. The molecule has 2 aromatic rings. The van der Waals surface area contributed by atoms with Gasteiger partial charge in [0.15, 0.2) is 17.3 Å². The largest absolute Gasteiger partial charge is 0.486 e. The van der Waals surface area contributed by atoms with Gasteiger partial charge in [0, 0.05) is 5.56 Å². The number of carbonyl (C=O) groups excluding carboxylic acids is 1. The molecule has 1 N–H and O–H groups in total. The van der Waals surface area contributed by atoms with Crippen molar-refractivity contribution in [3.63, 3.8) is 0 Å². The minimum absolute atomic E-state index is 0.107. The highest BCUT2D eigenvalue weighted by molar-refractivity contribution is 6.05. The number of carboxylic acids is 1. The van der Waals surface area contributed by atoms with E-state index in [-0.39, 0.29) is 23.5 Å². The summed E-state index contributed by atoms with van der Waals surface area (Å²) in [4.78, 5) is 22.5. The molecule has 0 heterocycles. The van der Waals surface area contributed by atoms with Crippen LogP contribution in [0.4, 0.5) is 4.39 Å². The van der Waals surface area contributed by atoms with Crippen molar-refractivity contribution >= 4 is 11.8 Å². The topological polar surface area (TPSA) is 63.6 Å². The van der Waals surface area contributed by atoms with E-state index in [2.05, 4.69) is 0 Å². The first kappa shape index (κ1) is 14.7. The summed E-state index contributed by atoms with van der Waals surface area (Å²) in [5.41, 5.74) is 0.378. The highest BCUT2D eigenvalue weighted by Crippen LogP contribution is 2.24. The number of hydrogen-bond acceptors (Lipinski definition) is 3. The van der Waals surface area contributed by atoms with Gasteiger partial charge in [-0.25, -0.2) is 9.18 Å². The summed E-state index contributed by atoms with van der Waals surface area (Å²) < 4.78 is 19.2. The highest BCUT2D eigenvalue weighted by Gasteiger charge is 2.18. The molecule has 2 aromatic carbocycles. The highest BCUT2D eigenvalue weighted by atomic mass is 19.1. The Kier molecular flexibility index (Phi) is 4.33. The number of hydrogen-bond donors (Lipinski definition) is 1. The monoisotopic (exact) mass is 288 g/mol. The number of carboxylic acid groups (broad SMARTS) is 1. The number of aromatic carboxylic acids is 1. The van der Waals surface area contributed by atoms with Gasteiger partial charge in [-0.05, 0) is 24.6 Å². The minimum Gasteiger partial charge on any atom is -0.486 e. The third-order valence-electron chi connectivity index (χ3n) is 2.92. The van der Waals surface area contributed by atoms with Crippen molar-refractivity contribution in [3.05, 3.63) is 65.0 Å². The second kappa shape index (κ2) is 6.17. The smallest absolute Gasteiger partial charge is 0.336 e. The quantitative estimate of drug-likeness (QED) is 0.857. The Labute approximate surface area is 120 Å². The maximum Gasteiger partial charge on any atom is 0.336 e. The van der Waals surface area contributed by atoms with Gasteiger partial charge in [0.25, 0.3) is 0 Å². The van der Waals surface area contributed by atoms with Crippen LogP contribution in [0, 0.1) is 5.82 Å². The molecule has 0 saturated carbocycles. The van der Waals surface area contributed by atoms with Crippen LogP contribution in [0.2, 0.25) is 0 Å². The minimum atomic E-state index is -1.30. The number of benzene rings is 2. The van der Waals surface area contributed by atoms with Crippen LogP contribution < -0.4 is 4.74 Å². The van der Waals surface area contributed by atoms with E-state index in [1.54, 1.807) is 12.1 Å². The molecule has 0 bridgehead atoms. The lowest BCUT2D eigenvalue weighted by atomic mass is 10.0. The van der Waals surface area contributed by atoms with Gasteiger partial charge in [-0.15, -0.1) is 0 Å². The molecule has 0 aliphatic heterocycles. The van der Waals surface area contributed by atoms with Gasteiger partial charge in [0.05, 0.1) is 5.56 Å². The van der Waals surface area contributed by atoms with Gasteiger partial charge in [0.1, 0.15) is 6.61 Å². The lowest BCUT2D eigenvalue weighted by Crippen LogP contribution is -2.08. The van der Waals surface area contributed by atoms with Crippen LogP contribution in [0.3, 0.4) is 0 Å². The molecular weight excluding hydrogens is 275 g/mol. The van der Waals surface area contributed by atoms with E-state index in [9.17, 15) is 14.0 Å². The first-order valence-electron chi connectivity index (χ1n) is 6.23. The number of ether oxygens (including phenoxy) is 1. The SMILES string of the molecule is CC(=O)c1cc(F)c(OCc2ccccc2)cc1C(=O)O. The van der Waals surface area contributed by atoms with Gasteiger partial charge in [-0.3, -0.25) is 4.79 Å². The molecule has 0 fully saturated rings. The molecule has 0 radical (unpaired) electrons. The van der Waals surface area contributed by atoms with E-state index in [1.165, 1.54) is 6.92 Å². The average Bonchev–Trinajstić information content (AvgIpc) is 2.46. The van der Waals surface area contributed by atoms with Crippen molar-refractivity contribution in [1.82, 2.24) is 0 Å². The van der Waals surface area contributed by atoms with Gasteiger partial charge in [0.2, 0.25) is 0 Å². The summed E-state index contributed by atoms with van der Waals surface area (Å²) in [5, 5.41) is 9.08.